The molecule has 0 rings (SSSR count). The summed E-state index contributed by atoms with van der Waals surface area (Å²) in [5.74, 6) is 0. The molecular formula is C9H17NO4. The average Bonchev–Trinajstić information content (AvgIpc) is 2.14. The van der Waals surface area contributed by atoms with Crippen molar-refractivity contribution >= 4 is 12.4 Å². The van der Waals surface area contributed by atoms with Crippen LogP contribution in [0.2, 0.25) is 0 Å². The van der Waals surface area contributed by atoms with E-state index in [4.69, 9.17) is 9.84 Å². The molecule has 2 N–H and O–H groups in total. The van der Waals surface area contributed by atoms with E-state index in [2.05, 4.69) is 5.32 Å². The van der Waals surface area contributed by atoms with E-state index in [-0.39, 0.29) is 0 Å². The van der Waals surface area contributed by atoms with Crippen LogP contribution < -0.4 is 5.32 Å². The second-order valence-corrected chi connectivity index (χ2v) is 3.33. The molecule has 0 heterocycles. The zero-order valence-corrected chi connectivity index (χ0v) is 8.74. The number of ether oxygens (including phenoxy) is 1. The van der Waals surface area contributed by atoms with Gasteiger partial charge in [0.2, 0.25) is 0 Å². The van der Waals surface area contributed by atoms with Gasteiger partial charge in [-0.05, 0) is 13.3 Å². The molecule has 0 saturated heterocycles. The second-order valence-electron chi connectivity index (χ2n) is 3.33. The molecule has 82 valence electrons. The molecule has 0 aliphatic rings. The first-order chi connectivity index (χ1) is 6.50. The van der Waals surface area contributed by atoms with Crippen LogP contribution in [0.4, 0.5) is 4.79 Å². The Morgan fingerprint density at radius 3 is 2.57 bits per heavy atom. The number of carbonyl (C=O) groups excluding carboxylic acids is 1. The van der Waals surface area contributed by atoms with E-state index in [0.29, 0.717) is 12.7 Å². The summed E-state index contributed by atoms with van der Waals surface area (Å²) < 4.78 is 5.18. The first-order valence-electron chi connectivity index (χ1n) is 4.50. The Balaban J connectivity index is 4.57. The summed E-state index contributed by atoms with van der Waals surface area (Å²) in [5, 5.41) is 10.6. The van der Waals surface area contributed by atoms with Crippen molar-refractivity contribution < 1.29 is 19.4 Å². The van der Waals surface area contributed by atoms with Gasteiger partial charge in [-0.2, -0.15) is 0 Å². The molecule has 0 bridgehead atoms. The smallest absolute Gasteiger partial charge is 0.405 e. The van der Waals surface area contributed by atoms with Gasteiger partial charge in [0, 0.05) is 7.11 Å². The van der Waals surface area contributed by atoms with E-state index in [0.717, 1.165) is 6.42 Å². The molecule has 0 spiro atoms. The van der Waals surface area contributed by atoms with Crippen molar-refractivity contribution in [1.29, 1.82) is 0 Å². The van der Waals surface area contributed by atoms with Gasteiger partial charge in [0.25, 0.3) is 0 Å². The number of hydrogen-bond donors (Lipinski definition) is 2. The maximum Gasteiger partial charge on any atom is 0.405 e. The lowest BCUT2D eigenvalue weighted by atomic mass is 9.92. The normalized spacial score (nSPS) is 16.8. The minimum atomic E-state index is -1.22. The molecular weight excluding hydrogens is 186 g/mol. The lowest BCUT2D eigenvalue weighted by molar-refractivity contribution is -0.117. The Hall–Kier alpha value is -1.10. The fourth-order valence-electron chi connectivity index (χ4n) is 1.34. The highest BCUT2D eigenvalue weighted by atomic mass is 16.5. The summed E-state index contributed by atoms with van der Waals surface area (Å²) in [6.07, 6.45) is 0.776. The first-order valence-corrected chi connectivity index (χ1v) is 4.50. The highest BCUT2D eigenvalue weighted by molar-refractivity contribution is 5.72. The molecule has 0 aliphatic carbocycles. The summed E-state index contributed by atoms with van der Waals surface area (Å²) in [4.78, 5) is 21.1. The molecule has 5 heteroatoms. The van der Waals surface area contributed by atoms with Crippen LogP contribution in [0.15, 0.2) is 0 Å². The number of rotatable bonds is 6. The van der Waals surface area contributed by atoms with Gasteiger partial charge >= 0.3 is 6.09 Å². The lowest BCUT2D eigenvalue weighted by Gasteiger charge is -2.32. The highest BCUT2D eigenvalue weighted by Gasteiger charge is 2.34. The van der Waals surface area contributed by atoms with Crippen molar-refractivity contribution in [3.05, 3.63) is 0 Å². The molecule has 0 unspecified atom stereocenters. The number of amides is 1. The largest absolute Gasteiger partial charge is 0.465 e. The van der Waals surface area contributed by atoms with E-state index in [1.54, 1.807) is 6.92 Å². The molecule has 2 atom stereocenters. The van der Waals surface area contributed by atoms with Gasteiger partial charge in [0.1, 0.15) is 12.3 Å². The Labute approximate surface area is 83.4 Å². The topological polar surface area (TPSA) is 75.6 Å². The van der Waals surface area contributed by atoms with E-state index < -0.39 is 17.7 Å². The second kappa shape index (κ2) is 5.59. The summed E-state index contributed by atoms with van der Waals surface area (Å²) in [5.41, 5.74) is -0.769. The minimum absolute atomic E-state index is 0.563. The molecule has 5 nitrogen and oxygen atoms in total. The standard InChI is InChI=1S/C9H17NO4/c1-4-5-9(2,14-3)7(6-11)10-8(12)13/h6-7,10H,4-5H2,1-3H3,(H,12,13)/t7-,9+/m1/s1. The number of aldehydes is 1. The van der Waals surface area contributed by atoms with Crippen LogP contribution in [0.3, 0.4) is 0 Å². The number of carbonyl (C=O) groups is 2. The van der Waals surface area contributed by atoms with Gasteiger partial charge in [-0.1, -0.05) is 13.3 Å². The van der Waals surface area contributed by atoms with Crippen LogP contribution in [0.25, 0.3) is 0 Å². The van der Waals surface area contributed by atoms with E-state index >= 15 is 0 Å². The molecule has 0 aliphatic heterocycles. The predicted octanol–water partition coefficient (Wildman–Crippen LogP) is 1.03. The number of methoxy groups -OCH3 is 1. The third kappa shape index (κ3) is 3.33. The Morgan fingerprint density at radius 1 is 1.71 bits per heavy atom. The van der Waals surface area contributed by atoms with E-state index in [1.807, 2.05) is 6.92 Å². The Morgan fingerprint density at radius 2 is 2.29 bits per heavy atom. The maximum absolute atomic E-state index is 10.7. The van der Waals surface area contributed by atoms with Crippen molar-refractivity contribution in [3.8, 4) is 0 Å². The quantitative estimate of drug-likeness (QED) is 0.632. The summed E-state index contributed by atoms with van der Waals surface area (Å²) in [6.45, 7) is 3.66. The lowest BCUT2D eigenvalue weighted by Crippen LogP contribution is -2.52. The molecule has 0 fully saturated rings. The fourth-order valence-corrected chi connectivity index (χ4v) is 1.34. The molecule has 0 aromatic carbocycles. The van der Waals surface area contributed by atoms with Crippen molar-refractivity contribution in [2.75, 3.05) is 7.11 Å². The van der Waals surface area contributed by atoms with Gasteiger partial charge in [0.15, 0.2) is 0 Å². The van der Waals surface area contributed by atoms with Gasteiger partial charge in [-0.15, -0.1) is 0 Å². The van der Waals surface area contributed by atoms with Gasteiger partial charge in [-0.3, -0.25) is 0 Å². The van der Waals surface area contributed by atoms with Gasteiger partial charge in [0.05, 0.1) is 5.60 Å². The SMILES string of the molecule is CCC[C@](C)(OC)[C@@H](C=O)NC(=O)O. The first kappa shape index (κ1) is 12.9. The molecule has 0 aromatic rings. The molecule has 14 heavy (non-hydrogen) atoms. The molecule has 0 saturated carbocycles. The van der Waals surface area contributed by atoms with Crippen LogP contribution in [-0.2, 0) is 9.53 Å². The third-order valence-electron chi connectivity index (χ3n) is 2.29. The van der Waals surface area contributed by atoms with Crippen molar-refractivity contribution in [3.63, 3.8) is 0 Å². The number of carboxylic acid groups (broad SMARTS) is 1. The number of hydrogen-bond acceptors (Lipinski definition) is 3. The predicted molar refractivity (Wildman–Crippen MR) is 51.3 cm³/mol. The third-order valence-corrected chi connectivity index (χ3v) is 2.29. The minimum Gasteiger partial charge on any atom is -0.465 e. The van der Waals surface area contributed by atoms with Gasteiger partial charge in [-0.25, -0.2) is 4.79 Å². The zero-order chi connectivity index (χ0) is 11.2. The molecule has 1 amide bonds. The molecule has 0 radical (unpaired) electrons. The van der Waals surface area contributed by atoms with Crippen LogP contribution >= 0.6 is 0 Å². The van der Waals surface area contributed by atoms with E-state index in [9.17, 15) is 9.59 Å². The zero-order valence-electron chi connectivity index (χ0n) is 8.74. The van der Waals surface area contributed by atoms with Crippen molar-refractivity contribution in [2.24, 2.45) is 0 Å². The van der Waals surface area contributed by atoms with Crippen molar-refractivity contribution in [2.45, 2.75) is 38.3 Å². The maximum atomic E-state index is 10.7. The van der Waals surface area contributed by atoms with Crippen LogP contribution in [0.5, 0.6) is 0 Å². The van der Waals surface area contributed by atoms with Crippen LogP contribution in [0.1, 0.15) is 26.7 Å². The Kier molecular flexibility index (Phi) is 5.15. The fraction of sp³-hybridized carbons (Fsp3) is 0.778. The number of nitrogens with one attached hydrogen (secondary N) is 1. The summed E-state index contributed by atoms with van der Waals surface area (Å²) in [7, 11) is 1.47. The van der Waals surface area contributed by atoms with Gasteiger partial charge < -0.3 is 20.0 Å². The van der Waals surface area contributed by atoms with E-state index in [1.165, 1.54) is 7.11 Å². The van der Waals surface area contributed by atoms with Crippen molar-refractivity contribution in [1.82, 2.24) is 5.32 Å². The molecule has 0 aromatic heterocycles. The monoisotopic (exact) mass is 203 g/mol. The Bertz CT molecular complexity index is 207. The summed E-state index contributed by atoms with van der Waals surface area (Å²) in [6, 6.07) is -0.829. The average molecular weight is 203 g/mol. The summed E-state index contributed by atoms with van der Waals surface area (Å²) >= 11 is 0. The van der Waals surface area contributed by atoms with Crippen LogP contribution in [-0.4, -0.2) is 36.2 Å². The highest BCUT2D eigenvalue weighted by Crippen LogP contribution is 2.20. The van der Waals surface area contributed by atoms with Crippen LogP contribution in [0, 0.1) is 0 Å².